The predicted octanol–water partition coefficient (Wildman–Crippen LogP) is 2.86. The molecule has 0 radical (unpaired) electrons. The molecule has 1 aliphatic rings. The second-order valence-electron chi connectivity index (χ2n) is 7.92. The van der Waals surface area contributed by atoms with Gasteiger partial charge in [-0.15, -0.1) is 0 Å². The van der Waals surface area contributed by atoms with Crippen LogP contribution in [0.15, 0.2) is 65.3 Å². The Morgan fingerprint density at radius 2 is 1.82 bits per heavy atom. The SMILES string of the molecule is O=C(Cc1coc(-c2ccccc2)n1)NCc1cccc(NC(=O)CCN2CCOCC2)c1. The summed E-state index contributed by atoms with van der Waals surface area (Å²) in [7, 11) is 0. The molecule has 4 rings (SSSR count). The van der Waals surface area contributed by atoms with Gasteiger partial charge < -0.3 is 19.8 Å². The van der Waals surface area contributed by atoms with Crippen molar-refractivity contribution in [3.8, 4) is 11.5 Å². The molecular formula is C25H28N4O4. The fourth-order valence-corrected chi connectivity index (χ4v) is 3.60. The maximum atomic E-state index is 12.4. The summed E-state index contributed by atoms with van der Waals surface area (Å²) in [5, 5.41) is 5.83. The highest BCUT2D eigenvalue weighted by atomic mass is 16.5. The Kier molecular flexibility index (Phi) is 7.84. The second-order valence-corrected chi connectivity index (χ2v) is 7.92. The third-order valence-electron chi connectivity index (χ3n) is 5.37. The van der Waals surface area contributed by atoms with Gasteiger partial charge in [-0.3, -0.25) is 14.5 Å². The summed E-state index contributed by atoms with van der Waals surface area (Å²) in [6.07, 6.45) is 2.08. The first-order valence-electron chi connectivity index (χ1n) is 11.1. The third-order valence-corrected chi connectivity index (χ3v) is 5.37. The van der Waals surface area contributed by atoms with Crippen LogP contribution >= 0.6 is 0 Å². The van der Waals surface area contributed by atoms with E-state index in [1.807, 2.05) is 54.6 Å². The molecule has 0 saturated carbocycles. The summed E-state index contributed by atoms with van der Waals surface area (Å²) in [4.78, 5) is 31.3. The summed E-state index contributed by atoms with van der Waals surface area (Å²) < 4.78 is 10.8. The van der Waals surface area contributed by atoms with E-state index in [1.54, 1.807) is 0 Å². The van der Waals surface area contributed by atoms with Crippen LogP contribution in [0.4, 0.5) is 5.69 Å². The Balaban J connectivity index is 1.22. The predicted molar refractivity (Wildman–Crippen MR) is 124 cm³/mol. The normalized spacial score (nSPS) is 14.1. The van der Waals surface area contributed by atoms with Gasteiger partial charge in [0.2, 0.25) is 17.7 Å². The molecule has 172 valence electrons. The number of ether oxygens (including phenoxy) is 1. The van der Waals surface area contributed by atoms with E-state index >= 15 is 0 Å². The van der Waals surface area contributed by atoms with Gasteiger partial charge >= 0.3 is 0 Å². The molecule has 2 amide bonds. The molecule has 3 aromatic rings. The van der Waals surface area contributed by atoms with Crippen LogP contribution in [0, 0.1) is 0 Å². The lowest BCUT2D eigenvalue weighted by atomic mass is 10.2. The van der Waals surface area contributed by atoms with Gasteiger partial charge in [0.15, 0.2) is 0 Å². The zero-order valence-corrected chi connectivity index (χ0v) is 18.5. The minimum absolute atomic E-state index is 0.0251. The van der Waals surface area contributed by atoms with Gasteiger partial charge in [0.25, 0.3) is 0 Å². The van der Waals surface area contributed by atoms with Crippen molar-refractivity contribution in [3.05, 3.63) is 72.1 Å². The van der Waals surface area contributed by atoms with E-state index in [-0.39, 0.29) is 18.2 Å². The smallest absolute Gasteiger partial charge is 0.226 e. The number of hydrogen-bond donors (Lipinski definition) is 2. The molecule has 0 atom stereocenters. The number of benzene rings is 2. The number of nitrogens with zero attached hydrogens (tertiary/aromatic N) is 2. The van der Waals surface area contributed by atoms with Crippen molar-refractivity contribution in [2.24, 2.45) is 0 Å². The Labute approximate surface area is 192 Å². The highest BCUT2D eigenvalue weighted by Gasteiger charge is 2.13. The van der Waals surface area contributed by atoms with Gasteiger partial charge in [-0.1, -0.05) is 30.3 Å². The van der Waals surface area contributed by atoms with E-state index in [1.165, 1.54) is 6.26 Å². The second kappa shape index (κ2) is 11.4. The molecule has 2 heterocycles. The first-order chi connectivity index (χ1) is 16.2. The van der Waals surface area contributed by atoms with Crippen molar-refractivity contribution >= 4 is 17.5 Å². The van der Waals surface area contributed by atoms with Gasteiger partial charge in [-0.05, 0) is 29.8 Å². The Morgan fingerprint density at radius 1 is 1.00 bits per heavy atom. The standard InChI is InChI=1S/C25H28N4O4/c30-23(9-10-29-11-13-32-14-12-29)27-21-8-4-5-19(15-21)17-26-24(31)16-22-18-33-25(28-22)20-6-2-1-3-7-20/h1-8,15,18H,9-14,16-17H2,(H,26,31)(H,27,30). The Morgan fingerprint density at radius 3 is 2.64 bits per heavy atom. The minimum Gasteiger partial charge on any atom is -0.444 e. The molecule has 33 heavy (non-hydrogen) atoms. The van der Waals surface area contributed by atoms with Crippen LogP contribution in [0.5, 0.6) is 0 Å². The summed E-state index contributed by atoms with van der Waals surface area (Å²) >= 11 is 0. The van der Waals surface area contributed by atoms with Crippen LogP contribution in [0.2, 0.25) is 0 Å². The number of anilines is 1. The molecule has 1 aliphatic heterocycles. The minimum atomic E-state index is -0.150. The highest BCUT2D eigenvalue weighted by Crippen LogP contribution is 2.18. The number of amides is 2. The topological polar surface area (TPSA) is 96.7 Å². The molecule has 1 fully saturated rings. The molecule has 0 bridgehead atoms. The van der Waals surface area contributed by atoms with Crippen molar-refractivity contribution in [2.75, 3.05) is 38.2 Å². The number of carbonyl (C=O) groups excluding carboxylic acids is 2. The summed E-state index contributed by atoms with van der Waals surface area (Å²) in [6.45, 7) is 4.26. The molecule has 1 aromatic heterocycles. The maximum absolute atomic E-state index is 12.4. The first kappa shape index (κ1) is 22.7. The lowest BCUT2D eigenvalue weighted by Gasteiger charge is -2.26. The van der Waals surface area contributed by atoms with Gasteiger partial charge in [0.05, 0.1) is 25.3 Å². The van der Waals surface area contributed by atoms with E-state index in [2.05, 4.69) is 20.5 Å². The van der Waals surface area contributed by atoms with Crippen LogP contribution in [0.25, 0.3) is 11.5 Å². The van der Waals surface area contributed by atoms with Crippen molar-refractivity contribution < 1.29 is 18.7 Å². The number of rotatable bonds is 9. The monoisotopic (exact) mass is 448 g/mol. The third kappa shape index (κ3) is 7.00. The molecule has 0 unspecified atom stereocenters. The van der Waals surface area contributed by atoms with E-state index < -0.39 is 0 Å². The summed E-state index contributed by atoms with van der Waals surface area (Å²) in [6, 6.07) is 17.0. The van der Waals surface area contributed by atoms with Gasteiger partial charge in [-0.2, -0.15) is 0 Å². The van der Waals surface area contributed by atoms with Crippen molar-refractivity contribution in [1.82, 2.24) is 15.2 Å². The summed E-state index contributed by atoms with van der Waals surface area (Å²) in [5.41, 5.74) is 3.07. The highest BCUT2D eigenvalue weighted by molar-refractivity contribution is 5.90. The molecule has 0 spiro atoms. The number of oxazole rings is 1. The zero-order valence-electron chi connectivity index (χ0n) is 18.5. The van der Waals surface area contributed by atoms with Crippen LogP contribution in [0.1, 0.15) is 17.7 Å². The number of morpholine rings is 1. The molecule has 1 saturated heterocycles. The van der Waals surface area contributed by atoms with Gasteiger partial charge in [0, 0.05) is 43.9 Å². The molecule has 0 aliphatic carbocycles. The Bertz CT molecular complexity index is 1060. The van der Waals surface area contributed by atoms with E-state index in [4.69, 9.17) is 9.15 Å². The fraction of sp³-hybridized carbons (Fsp3) is 0.320. The van der Waals surface area contributed by atoms with E-state index in [0.717, 1.165) is 49.7 Å². The number of hydrogen-bond acceptors (Lipinski definition) is 6. The van der Waals surface area contributed by atoms with Crippen LogP contribution in [-0.4, -0.2) is 54.5 Å². The van der Waals surface area contributed by atoms with E-state index in [9.17, 15) is 9.59 Å². The zero-order chi connectivity index (χ0) is 22.9. The first-order valence-corrected chi connectivity index (χ1v) is 11.1. The van der Waals surface area contributed by atoms with Crippen molar-refractivity contribution in [2.45, 2.75) is 19.4 Å². The number of carbonyl (C=O) groups is 2. The Hall–Kier alpha value is -3.49. The molecular weight excluding hydrogens is 420 g/mol. The summed E-state index contributed by atoms with van der Waals surface area (Å²) in [5.74, 6) is 0.321. The fourth-order valence-electron chi connectivity index (χ4n) is 3.60. The lowest BCUT2D eigenvalue weighted by molar-refractivity contribution is -0.120. The van der Waals surface area contributed by atoms with Crippen molar-refractivity contribution in [3.63, 3.8) is 0 Å². The average Bonchev–Trinajstić information content (AvgIpc) is 3.31. The quantitative estimate of drug-likeness (QED) is 0.523. The molecule has 8 heteroatoms. The van der Waals surface area contributed by atoms with Gasteiger partial charge in [-0.25, -0.2) is 4.98 Å². The largest absolute Gasteiger partial charge is 0.444 e. The van der Waals surface area contributed by atoms with E-state index in [0.29, 0.717) is 24.6 Å². The number of nitrogens with one attached hydrogen (secondary N) is 2. The molecule has 8 nitrogen and oxygen atoms in total. The van der Waals surface area contributed by atoms with Gasteiger partial charge in [0.1, 0.15) is 6.26 Å². The maximum Gasteiger partial charge on any atom is 0.226 e. The number of aromatic nitrogens is 1. The van der Waals surface area contributed by atoms with Crippen molar-refractivity contribution in [1.29, 1.82) is 0 Å². The van der Waals surface area contributed by atoms with Crippen LogP contribution in [-0.2, 0) is 27.3 Å². The van der Waals surface area contributed by atoms with Crippen LogP contribution < -0.4 is 10.6 Å². The molecule has 2 aromatic carbocycles. The average molecular weight is 449 g/mol. The van der Waals surface area contributed by atoms with Crippen LogP contribution in [0.3, 0.4) is 0 Å². The molecule has 2 N–H and O–H groups in total. The lowest BCUT2D eigenvalue weighted by Crippen LogP contribution is -2.38.